The molecule has 3 aromatic rings. The molecule has 1 aromatic heterocycles. The Morgan fingerprint density at radius 2 is 1.58 bits per heavy atom. The Morgan fingerprint density at radius 3 is 2.23 bits per heavy atom. The van der Waals surface area contributed by atoms with Crippen LogP contribution in [0.25, 0.3) is 10.9 Å². The molecule has 1 saturated heterocycles. The SMILES string of the molecule is COc1cc2ncnc(N3CCN(C(=O)Nc4cc(Cl)cc(Cl)c4)CC3)c2cc1OC. The standard InChI is InChI=1S/C21H21Cl2N5O3/c1-30-18-10-16-17(11-19(18)31-2)24-12-25-20(16)27-3-5-28(6-4-27)21(29)26-15-8-13(22)7-14(23)9-15/h7-12H,3-6H2,1-2H3,(H,26,29). The normalized spacial score (nSPS) is 13.9. The fourth-order valence-corrected chi connectivity index (χ4v) is 4.10. The summed E-state index contributed by atoms with van der Waals surface area (Å²) in [5.41, 5.74) is 1.33. The van der Waals surface area contributed by atoms with E-state index >= 15 is 0 Å². The van der Waals surface area contributed by atoms with E-state index in [2.05, 4.69) is 20.2 Å². The monoisotopic (exact) mass is 461 g/mol. The molecule has 10 heteroatoms. The summed E-state index contributed by atoms with van der Waals surface area (Å²) in [5.74, 6) is 2.03. The number of piperazine rings is 1. The van der Waals surface area contributed by atoms with Gasteiger partial charge in [-0.2, -0.15) is 0 Å². The Balaban J connectivity index is 1.48. The third-order valence-corrected chi connectivity index (χ3v) is 5.54. The van der Waals surface area contributed by atoms with Crippen LogP contribution in [-0.4, -0.2) is 61.3 Å². The van der Waals surface area contributed by atoms with Gasteiger partial charge in [0.05, 0.1) is 19.7 Å². The molecule has 0 spiro atoms. The number of fused-ring (bicyclic) bond motifs is 1. The third kappa shape index (κ3) is 4.55. The number of methoxy groups -OCH3 is 2. The molecule has 31 heavy (non-hydrogen) atoms. The van der Waals surface area contributed by atoms with Gasteiger partial charge >= 0.3 is 6.03 Å². The van der Waals surface area contributed by atoms with Gasteiger partial charge < -0.3 is 24.6 Å². The van der Waals surface area contributed by atoms with Crippen LogP contribution < -0.4 is 19.7 Å². The van der Waals surface area contributed by atoms with Crippen molar-refractivity contribution in [3.8, 4) is 11.5 Å². The van der Waals surface area contributed by atoms with Gasteiger partial charge in [0.15, 0.2) is 11.5 Å². The van der Waals surface area contributed by atoms with Crippen LogP contribution in [-0.2, 0) is 0 Å². The van der Waals surface area contributed by atoms with Gasteiger partial charge in [0, 0.05) is 53.4 Å². The maximum absolute atomic E-state index is 12.7. The van der Waals surface area contributed by atoms with Gasteiger partial charge in [-0.05, 0) is 24.3 Å². The molecule has 4 rings (SSSR count). The second kappa shape index (κ2) is 9.03. The summed E-state index contributed by atoms with van der Waals surface area (Å²) in [6.07, 6.45) is 1.53. The van der Waals surface area contributed by atoms with Crippen molar-refractivity contribution < 1.29 is 14.3 Å². The van der Waals surface area contributed by atoms with E-state index in [-0.39, 0.29) is 6.03 Å². The van der Waals surface area contributed by atoms with E-state index in [1.165, 1.54) is 6.33 Å². The summed E-state index contributed by atoms with van der Waals surface area (Å²) in [5, 5.41) is 4.65. The highest BCUT2D eigenvalue weighted by Crippen LogP contribution is 2.35. The quantitative estimate of drug-likeness (QED) is 0.623. The molecule has 0 unspecified atom stereocenters. The molecule has 1 aliphatic rings. The maximum atomic E-state index is 12.7. The fourth-order valence-electron chi connectivity index (χ4n) is 3.57. The topological polar surface area (TPSA) is 79.8 Å². The summed E-state index contributed by atoms with van der Waals surface area (Å²) < 4.78 is 10.8. The van der Waals surface area contributed by atoms with E-state index in [1.807, 2.05) is 12.1 Å². The first-order valence-electron chi connectivity index (χ1n) is 9.62. The number of ether oxygens (including phenoxy) is 2. The largest absolute Gasteiger partial charge is 0.493 e. The highest BCUT2D eigenvalue weighted by Gasteiger charge is 2.24. The van der Waals surface area contributed by atoms with E-state index in [1.54, 1.807) is 37.3 Å². The van der Waals surface area contributed by atoms with Crippen molar-refractivity contribution >= 4 is 51.6 Å². The van der Waals surface area contributed by atoms with E-state index < -0.39 is 0 Å². The van der Waals surface area contributed by atoms with Crippen LogP contribution in [0.1, 0.15) is 0 Å². The van der Waals surface area contributed by atoms with Gasteiger partial charge in [-0.1, -0.05) is 23.2 Å². The Hall–Kier alpha value is -2.97. The number of nitrogens with zero attached hydrogens (tertiary/aromatic N) is 4. The maximum Gasteiger partial charge on any atom is 0.321 e. The number of carbonyl (C=O) groups is 1. The van der Waals surface area contributed by atoms with E-state index in [4.69, 9.17) is 32.7 Å². The van der Waals surface area contributed by atoms with Crippen LogP contribution >= 0.6 is 23.2 Å². The molecular formula is C21H21Cl2N5O3. The number of hydrogen-bond donors (Lipinski definition) is 1. The van der Waals surface area contributed by atoms with Crippen molar-refractivity contribution in [2.75, 3.05) is 50.6 Å². The lowest BCUT2D eigenvalue weighted by atomic mass is 10.2. The van der Waals surface area contributed by atoms with Gasteiger partial charge in [0.1, 0.15) is 12.1 Å². The molecule has 2 amide bonds. The average Bonchev–Trinajstić information content (AvgIpc) is 2.77. The molecule has 1 N–H and O–H groups in total. The molecule has 8 nitrogen and oxygen atoms in total. The zero-order valence-electron chi connectivity index (χ0n) is 17.1. The number of benzene rings is 2. The smallest absolute Gasteiger partial charge is 0.321 e. The van der Waals surface area contributed by atoms with Crippen molar-refractivity contribution in [1.29, 1.82) is 0 Å². The third-order valence-electron chi connectivity index (χ3n) is 5.10. The summed E-state index contributed by atoms with van der Waals surface area (Å²) in [6.45, 7) is 2.34. The first-order valence-corrected chi connectivity index (χ1v) is 10.4. The van der Waals surface area contributed by atoms with Crippen LogP contribution in [0.3, 0.4) is 0 Å². The van der Waals surface area contributed by atoms with Gasteiger partial charge in [-0.25, -0.2) is 14.8 Å². The van der Waals surface area contributed by atoms with E-state index in [0.29, 0.717) is 53.4 Å². The van der Waals surface area contributed by atoms with Gasteiger partial charge in [0.2, 0.25) is 0 Å². The Morgan fingerprint density at radius 1 is 0.935 bits per heavy atom. The molecule has 2 heterocycles. The Labute approximate surface area is 189 Å². The molecule has 0 bridgehead atoms. The van der Waals surface area contributed by atoms with Crippen LogP contribution in [0.4, 0.5) is 16.3 Å². The van der Waals surface area contributed by atoms with Crippen LogP contribution in [0.2, 0.25) is 10.0 Å². The number of rotatable bonds is 4. The number of nitrogens with one attached hydrogen (secondary N) is 1. The lowest BCUT2D eigenvalue weighted by Gasteiger charge is -2.35. The average molecular weight is 462 g/mol. The van der Waals surface area contributed by atoms with Crippen molar-refractivity contribution in [3.05, 3.63) is 46.7 Å². The molecular weight excluding hydrogens is 441 g/mol. The molecule has 0 atom stereocenters. The van der Waals surface area contributed by atoms with Crippen molar-refractivity contribution in [2.24, 2.45) is 0 Å². The number of urea groups is 1. The molecule has 162 valence electrons. The summed E-state index contributed by atoms with van der Waals surface area (Å²) in [4.78, 5) is 25.4. The number of aromatic nitrogens is 2. The van der Waals surface area contributed by atoms with Crippen molar-refractivity contribution in [3.63, 3.8) is 0 Å². The Kier molecular flexibility index (Phi) is 6.20. The number of halogens is 2. The molecule has 1 fully saturated rings. The van der Waals surface area contributed by atoms with Crippen molar-refractivity contribution in [1.82, 2.24) is 14.9 Å². The number of hydrogen-bond acceptors (Lipinski definition) is 6. The first-order chi connectivity index (χ1) is 15.0. The van der Waals surface area contributed by atoms with Gasteiger partial charge in [0.25, 0.3) is 0 Å². The molecule has 0 saturated carbocycles. The summed E-state index contributed by atoms with van der Waals surface area (Å²) >= 11 is 12.0. The zero-order valence-corrected chi connectivity index (χ0v) is 18.6. The number of carbonyl (C=O) groups excluding carboxylic acids is 1. The molecule has 2 aromatic carbocycles. The predicted octanol–water partition coefficient (Wildman–Crippen LogP) is 4.31. The fraction of sp³-hybridized carbons (Fsp3) is 0.286. The second-order valence-electron chi connectivity index (χ2n) is 6.98. The van der Waals surface area contributed by atoms with Crippen LogP contribution in [0.15, 0.2) is 36.7 Å². The van der Waals surface area contributed by atoms with E-state index in [9.17, 15) is 4.79 Å². The Bertz CT molecular complexity index is 1100. The predicted molar refractivity (Wildman–Crippen MR) is 122 cm³/mol. The molecule has 0 aliphatic carbocycles. The highest BCUT2D eigenvalue weighted by atomic mass is 35.5. The number of anilines is 2. The van der Waals surface area contributed by atoms with Crippen LogP contribution in [0, 0.1) is 0 Å². The lowest BCUT2D eigenvalue weighted by Crippen LogP contribution is -2.50. The van der Waals surface area contributed by atoms with Crippen molar-refractivity contribution in [2.45, 2.75) is 0 Å². The lowest BCUT2D eigenvalue weighted by molar-refractivity contribution is 0.208. The minimum absolute atomic E-state index is 0.197. The zero-order chi connectivity index (χ0) is 22.0. The number of amides is 2. The molecule has 0 radical (unpaired) electrons. The van der Waals surface area contributed by atoms with Crippen LogP contribution in [0.5, 0.6) is 11.5 Å². The van der Waals surface area contributed by atoms with Gasteiger partial charge in [-0.3, -0.25) is 0 Å². The first kappa shape index (κ1) is 21.3. The summed E-state index contributed by atoms with van der Waals surface area (Å²) in [6, 6.07) is 8.46. The minimum atomic E-state index is -0.197. The minimum Gasteiger partial charge on any atom is -0.493 e. The second-order valence-corrected chi connectivity index (χ2v) is 7.86. The van der Waals surface area contributed by atoms with E-state index in [0.717, 1.165) is 16.7 Å². The van der Waals surface area contributed by atoms with Gasteiger partial charge in [-0.15, -0.1) is 0 Å². The highest BCUT2D eigenvalue weighted by molar-refractivity contribution is 6.35. The molecule has 1 aliphatic heterocycles. The summed E-state index contributed by atoms with van der Waals surface area (Å²) in [7, 11) is 3.19.